The number of carbonyl (C=O) groups is 2. The van der Waals surface area contributed by atoms with Gasteiger partial charge in [-0.2, -0.15) is 0 Å². The summed E-state index contributed by atoms with van der Waals surface area (Å²) in [5.41, 5.74) is 6.07. The Labute approximate surface area is 98.7 Å². The van der Waals surface area contributed by atoms with Crippen molar-refractivity contribution in [3.05, 3.63) is 23.8 Å². The number of rotatable bonds is 4. The molecule has 1 aromatic rings. The zero-order valence-corrected chi connectivity index (χ0v) is 9.65. The second kappa shape index (κ2) is 5.74. The summed E-state index contributed by atoms with van der Waals surface area (Å²) in [4.78, 5) is 22.5. The van der Waals surface area contributed by atoms with Gasteiger partial charge in [-0.25, -0.2) is 4.79 Å². The Bertz CT molecular complexity index is 431. The van der Waals surface area contributed by atoms with E-state index >= 15 is 0 Å². The molecule has 0 aliphatic heterocycles. The molecule has 0 aromatic heterocycles. The first kappa shape index (κ1) is 12.8. The number of nitrogens with one attached hydrogen (secondary N) is 1. The molecule has 0 unspecified atom stereocenters. The van der Waals surface area contributed by atoms with Gasteiger partial charge in [0.2, 0.25) is 0 Å². The Morgan fingerprint density at radius 3 is 2.71 bits per heavy atom. The quantitative estimate of drug-likeness (QED) is 0.576. The molecule has 6 heteroatoms. The average molecular weight is 238 g/mol. The molecule has 0 atom stereocenters. The Morgan fingerprint density at radius 1 is 1.41 bits per heavy atom. The van der Waals surface area contributed by atoms with Crippen LogP contribution >= 0.6 is 0 Å². The third-order valence-electron chi connectivity index (χ3n) is 2.09. The standard InChI is InChI=1S/C11H14N2O4/c1-13-10(14)6-17-11(15)8-5-7(16-2)3-4-9(8)12/h3-5H,6,12H2,1-2H3,(H,13,14). The molecule has 0 bridgehead atoms. The summed E-state index contributed by atoms with van der Waals surface area (Å²) in [7, 11) is 2.93. The summed E-state index contributed by atoms with van der Waals surface area (Å²) in [5.74, 6) is -0.559. The second-order valence-corrected chi connectivity index (χ2v) is 3.20. The number of nitrogens with two attached hydrogens (primary N) is 1. The Balaban J connectivity index is 2.77. The highest BCUT2D eigenvalue weighted by atomic mass is 16.5. The Hall–Kier alpha value is -2.24. The van der Waals surface area contributed by atoms with Gasteiger partial charge in [0, 0.05) is 12.7 Å². The molecule has 0 radical (unpaired) electrons. The first-order valence-electron chi connectivity index (χ1n) is 4.89. The smallest absolute Gasteiger partial charge is 0.340 e. The van der Waals surface area contributed by atoms with Crippen LogP contribution in [0.1, 0.15) is 10.4 Å². The van der Waals surface area contributed by atoms with Crippen molar-refractivity contribution < 1.29 is 19.1 Å². The number of hydrogen-bond acceptors (Lipinski definition) is 5. The van der Waals surface area contributed by atoms with E-state index < -0.39 is 5.97 Å². The maximum absolute atomic E-state index is 11.6. The molecule has 6 nitrogen and oxygen atoms in total. The number of amides is 1. The van der Waals surface area contributed by atoms with Gasteiger partial charge < -0.3 is 20.5 Å². The third kappa shape index (κ3) is 3.37. The van der Waals surface area contributed by atoms with E-state index in [9.17, 15) is 9.59 Å². The summed E-state index contributed by atoms with van der Waals surface area (Å²) in [6.45, 7) is -0.341. The first-order valence-corrected chi connectivity index (χ1v) is 4.89. The van der Waals surface area contributed by atoms with Crippen LogP contribution < -0.4 is 15.8 Å². The average Bonchev–Trinajstić information content (AvgIpc) is 2.36. The van der Waals surface area contributed by atoms with Gasteiger partial charge in [-0.3, -0.25) is 4.79 Å². The molecule has 0 saturated carbocycles. The lowest BCUT2D eigenvalue weighted by atomic mass is 10.2. The molecule has 92 valence electrons. The van der Waals surface area contributed by atoms with E-state index in [1.807, 2.05) is 0 Å². The molecule has 17 heavy (non-hydrogen) atoms. The fourth-order valence-corrected chi connectivity index (χ4v) is 1.12. The molecule has 0 heterocycles. The molecule has 0 aliphatic rings. The molecule has 0 fully saturated rings. The zero-order chi connectivity index (χ0) is 12.8. The number of methoxy groups -OCH3 is 1. The lowest BCUT2D eigenvalue weighted by Crippen LogP contribution is -2.25. The van der Waals surface area contributed by atoms with Crippen LogP contribution in [-0.4, -0.2) is 32.6 Å². The van der Waals surface area contributed by atoms with Gasteiger partial charge in [0.15, 0.2) is 6.61 Å². The normalized spacial score (nSPS) is 9.53. The van der Waals surface area contributed by atoms with Crippen molar-refractivity contribution in [1.82, 2.24) is 5.32 Å². The van der Waals surface area contributed by atoms with Crippen molar-refractivity contribution in [1.29, 1.82) is 0 Å². The molecule has 3 N–H and O–H groups in total. The number of benzene rings is 1. The van der Waals surface area contributed by atoms with Crippen molar-refractivity contribution in [3.63, 3.8) is 0 Å². The van der Waals surface area contributed by atoms with E-state index in [1.165, 1.54) is 26.3 Å². The van der Waals surface area contributed by atoms with Gasteiger partial charge >= 0.3 is 5.97 Å². The van der Waals surface area contributed by atoms with Crippen LogP contribution in [0.3, 0.4) is 0 Å². The van der Waals surface area contributed by atoms with Gasteiger partial charge in [-0.05, 0) is 18.2 Å². The Morgan fingerprint density at radius 2 is 2.12 bits per heavy atom. The second-order valence-electron chi connectivity index (χ2n) is 3.20. The van der Waals surface area contributed by atoms with Gasteiger partial charge in [0.25, 0.3) is 5.91 Å². The molecule has 1 rings (SSSR count). The summed E-state index contributed by atoms with van der Waals surface area (Å²) < 4.78 is 9.74. The fourth-order valence-electron chi connectivity index (χ4n) is 1.12. The molecular weight excluding hydrogens is 224 g/mol. The minimum atomic E-state index is -0.662. The van der Waals surface area contributed by atoms with E-state index in [0.717, 1.165) is 0 Å². The van der Waals surface area contributed by atoms with E-state index in [4.69, 9.17) is 15.2 Å². The minimum absolute atomic E-state index is 0.174. The first-order chi connectivity index (χ1) is 8.08. The number of hydrogen-bond donors (Lipinski definition) is 2. The van der Waals surface area contributed by atoms with E-state index in [1.54, 1.807) is 6.07 Å². The number of likely N-dealkylation sites (N-methyl/N-ethyl adjacent to an activating group) is 1. The lowest BCUT2D eigenvalue weighted by molar-refractivity contribution is -0.123. The summed E-state index contributed by atoms with van der Waals surface area (Å²) in [6.07, 6.45) is 0. The summed E-state index contributed by atoms with van der Waals surface area (Å²) in [6, 6.07) is 4.63. The highest BCUT2D eigenvalue weighted by Crippen LogP contribution is 2.20. The number of ether oxygens (including phenoxy) is 2. The maximum Gasteiger partial charge on any atom is 0.340 e. The van der Waals surface area contributed by atoms with Crippen molar-refractivity contribution >= 4 is 17.6 Å². The molecule has 0 spiro atoms. The predicted octanol–water partition coefficient (Wildman–Crippen LogP) is 0.180. The molecule has 1 amide bonds. The van der Waals surface area contributed by atoms with E-state index in [-0.39, 0.29) is 23.8 Å². The van der Waals surface area contributed by atoms with Gasteiger partial charge in [0.1, 0.15) is 5.75 Å². The van der Waals surface area contributed by atoms with Crippen LogP contribution in [0.2, 0.25) is 0 Å². The Kier molecular flexibility index (Phi) is 4.33. The highest BCUT2D eigenvalue weighted by molar-refractivity contribution is 5.96. The lowest BCUT2D eigenvalue weighted by Gasteiger charge is -2.08. The van der Waals surface area contributed by atoms with Crippen molar-refractivity contribution in [2.24, 2.45) is 0 Å². The molecule has 1 aromatic carbocycles. The van der Waals surface area contributed by atoms with Crippen molar-refractivity contribution in [2.75, 3.05) is 26.5 Å². The van der Waals surface area contributed by atoms with Crippen molar-refractivity contribution in [3.8, 4) is 5.75 Å². The fraction of sp³-hybridized carbons (Fsp3) is 0.273. The van der Waals surface area contributed by atoms with Crippen LogP contribution in [0, 0.1) is 0 Å². The summed E-state index contributed by atoms with van der Waals surface area (Å²) >= 11 is 0. The van der Waals surface area contributed by atoms with Crippen LogP contribution in [0.4, 0.5) is 5.69 Å². The molecular formula is C11H14N2O4. The van der Waals surface area contributed by atoms with E-state index in [2.05, 4.69) is 5.32 Å². The van der Waals surface area contributed by atoms with Crippen LogP contribution in [0.25, 0.3) is 0 Å². The van der Waals surface area contributed by atoms with Crippen LogP contribution in [0.15, 0.2) is 18.2 Å². The SMILES string of the molecule is CNC(=O)COC(=O)c1cc(OC)ccc1N. The maximum atomic E-state index is 11.6. The van der Waals surface area contributed by atoms with Gasteiger partial charge in [0.05, 0.1) is 12.7 Å². The van der Waals surface area contributed by atoms with Crippen molar-refractivity contribution in [2.45, 2.75) is 0 Å². The zero-order valence-electron chi connectivity index (χ0n) is 9.65. The number of anilines is 1. The monoisotopic (exact) mass is 238 g/mol. The molecule has 0 aliphatic carbocycles. The summed E-state index contributed by atoms with van der Waals surface area (Å²) in [5, 5.41) is 2.34. The highest BCUT2D eigenvalue weighted by Gasteiger charge is 2.13. The minimum Gasteiger partial charge on any atom is -0.497 e. The predicted molar refractivity (Wildman–Crippen MR) is 61.8 cm³/mol. The number of nitrogen functional groups attached to an aromatic ring is 1. The van der Waals surface area contributed by atoms with Gasteiger partial charge in [-0.1, -0.05) is 0 Å². The van der Waals surface area contributed by atoms with Gasteiger partial charge in [-0.15, -0.1) is 0 Å². The number of carbonyl (C=O) groups excluding carboxylic acids is 2. The molecule has 0 saturated heterocycles. The number of esters is 1. The van der Waals surface area contributed by atoms with Crippen LogP contribution in [0.5, 0.6) is 5.75 Å². The van der Waals surface area contributed by atoms with E-state index in [0.29, 0.717) is 5.75 Å². The topological polar surface area (TPSA) is 90.6 Å². The van der Waals surface area contributed by atoms with Crippen LogP contribution in [-0.2, 0) is 9.53 Å². The largest absolute Gasteiger partial charge is 0.497 e. The third-order valence-corrected chi connectivity index (χ3v) is 2.09.